The van der Waals surface area contributed by atoms with Gasteiger partial charge in [0, 0.05) is 49.9 Å². The maximum Gasteiger partial charge on any atom is 0.234 e. The third-order valence-corrected chi connectivity index (χ3v) is 7.41. The number of imidazole rings is 1. The number of morpholine rings is 1. The summed E-state index contributed by atoms with van der Waals surface area (Å²) in [5.74, 6) is 2.41. The Labute approximate surface area is 216 Å². The van der Waals surface area contributed by atoms with E-state index >= 15 is 0 Å². The Bertz CT molecular complexity index is 1320. The average molecular weight is 501 g/mol. The molecule has 0 bridgehead atoms. The minimum atomic E-state index is -0.0611. The van der Waals surface area contributed by atoms with Crippen molar-refractivity contribution in [2.45, 2.75) is 19.8 Å². The summed E-state index contributed by atoms with van der Waals surface area (Å²) in [6.07, 6.45) is 5.43. The molecule has 1 amide bonds. The fourth-order valence-electron chi connectivity index (χ4n) is 5.34. The summed E-state index contributed by atoms with van der Waals surface area (Å²) in [5, 5.41) is 0. The maximum absolute atomic E-state index is 13.9. The number of amides is 1. The van der Waals surface area contributed by atoms with E-state index in [-0.39, 0.29) is 11.8 Å². The van der Waals surface area contributed by atoms with E-state index in [2.05, 4.69) is 38.8 Å². The number of H-pyrrole nitrogens is 1. The highest BCUT2D eigenvalue weighted by Crippen LogP contribution is 2.39. The average Bonchev–Trinajstić information content (AvgIpc) is 3.32. The number of nitrogens with one attached hydrogen (secondary N) is 1. The van der Waals surface area contributed by atoms with Crippen molar-refractivity contribution in [2.75, 3.05) is 61.2 Å². The topological polar surface area (TPSA) is 86.8 Å². The van der Waals surface area contributed by atoms with Gasteiger partial charge in [0.05, 0.1) is 37.4 Å². The van der Waals surface area contributed by atoms with Crippen LogP contribution >= 0.6 is 0 Å². The van der Waals surface area contributed by atoms with Crippen molar-refractivity contribution >= 4 is 29.4 Å². The number of carbonyl (C=O) groups excluding carboxylic acids is 1. The third-order valence-electron chi connectivity index (χ3n) is 7.41. The number of nitrogens with zero attached hydrogens (tertiary/aromatic N) is 5. The molecular weight excluding hydrogens is 468 g/mol. The number of hydrogen-bond donors (Lipinski definition) is 1. The standard InChI is InChI=1S/C28H32N6O3/c1-19-6-7-23-21(18-19)26-22(29-28(31-26)33-14-16-37-17-15-33)10-13-34(23)27(35)20-8-11-32(12-9-20)24-4-3-5-25(30-24)36-2/h3-7,10,13,18,20H,8-9,11-12,14-17H2,1-2H3,(H,29,31). The van der Waals surface area contributed by atoms with E-state index in [1.54, 1.807) is 7.11 Å². The van der Waals surface area contributed by atoms with Gasteiger partial charge in [0.25, 0.3) is 0 Å². The molecular formula is C28H32N6O3. The first kappa shape index (κ1) is 23.5. The summed E-state index contributed by atoms with van der Waals surface area (Å²) in [5.41, 5.74) is 4.78. The number of pyridine rings is 1. The lowest BCUT2D eigenvalue weighted by Gasteiger charge is -2.34. The summed E-state index contributed by atoms with van der Waals surface area (Å²) in [4.78, 5) is 33.1. The molecule has 3 aromatic rings. The first-order valence-corrected chi connectivity index (χ1v) is 12.9. The van der Waals surface area contributed by atoms with Crippen LogP contribution in [0.5, 0.6) is 5.88 Å². The predicted molar refractivity (Wildman–Crippen MR) is 144 cm³/mol. The van der Waals surface area contributed by atoms with E-state index in [9.17, 15) is 4.79 Å². The Hall–Kier alpha value is -3.85. The molecule has 3 aliphatic rings. The van der Waals surface area contributed by atoms with Gasteiger partial charge in [-0.05, 0) is 44.0 Å². The number of ether oxygens (including phenoxy) is 2. The van der Waals surface area contributed by atoms with Crippen LogP contribution in [-0.4, -0.2) is 67.4 Å². The van der Waals surface area contributed by atoms with Crippen molar-refractivity contribution in [1.29, 1.82) is 0 Å². The molecule has 1 aromatic carbocycles. The van der Waals surface area contributed by atoms with Crippen LogP contribution in [0.15, 0.2) is 42.6 Å². The monoisotopic (exact) mass is 500 g/mol. The van der Waals surface area contributed by atoms with Crippen LogP contribution in [0.1, 0.15) is 24.1 Å². The number of hydrogen-bond acceptors (Lipinski definition) is 7. The fourth-order valence-corrected chi connectivity index (χ4v) is 5.34. The van der Waals surface area contributed by atoms with E-state index in [1.807, 2.05) is 41.4 Å². The van der Waals surface area contributed by atoms with Gasteiger partial charge < -0.3 is 24.3 Å². The lowest BCUT2D eigenvalue weighted by atomic mass is 9.94. The highest BCUT2D eigenvalue weighted by atomic mass is 16.5. The summed E-state index contributed by atoms with van der Waals surface area (Å²) in [6, 6.07) is 12.0. The van der Waals surface area contributed by atoms with Gasteiger partial charge in [-0.1, -0.05) is 17.7 Å². The predicted octanol–water partition coefficient (Wildman–Crippen LogP) is 3.86. The number of aryl methyl sites for hydroxylation is 1. The fraction of sp³-hybridized carbons (Fsp3) is 0.393. The second-order valence-corrected chi connectivity index (χ2v) is 9.77. The lowest BCUT2D eigenvalue weighted by molar-refractivity contribution is -0.122. The van der Waals surface area contributed by atoms with Crippen molar-refractivity contribution in [3.05, 3.63) is 53.9 Å². The molecule has 1 N–H and O–H groups in total. The van der Waals surface area contributed by atoms with Crippen molar-refractivity contribution in [1.82, 2.24) is 15.0 Å². The van der Waals surface area contributed by atoms with Crippen molar-refractivity contribution in [3.63, 3.8) is 0 Å². The first-order chi connectivity index (χ1) is 18.1. The Kier molecular flexibility index (Phi) is 6.30. The number of benzene rings is 1. The first-order valence-electron chi connectivity index (χ1n) is 12.9. The summed E-state index contributed by atoms with van der Waals surface area (Å²) >= 11 is 0. The number of fused-ring (bicyclic) bond motifs is 3. The van der Waals surface area contributed by atoms with Crippen LogP contribution in [-0.2, 0) is 9.53 Å². The molecule has 9 heteroatoms. The van der Waals surface area contributed by atoms with E-state index in [0.29, 0.717) is 19.1 Å². The summed E-state index contributed by atoms with van der Waals surface area (Å²) in [6.45, 7) is 6.65. The molecule has 192 valence electrons. The van der Waals surface area contributed by atoms with Crippen molar-refractivity contribution < 1.29 is 14.3 Å². The molecule has 0 atom stereocenters. The highest BCUT2D eigenvalue weighted by molar-refractivity contribution is 6.03. The molecule has 2 saturated heterocycles. The molecule has 0 unspecified atom stereocenters. The second-order valence-electron chi connectivity index (χ2n) is 9.77. The van der Waals surface area contributed by atoms with E-state index < -0.39 is 0 Å². The maximum atomic E-state index is 13.9. The van der Waals surface area contributed by atoms with Crippen molar-refractivity contribution in [2.24, 2.45) is 5.92 Å². The van der Waals surface area contributed by atoms with Crippen LogP contribution in [0.3, 0.4) is 0 Å². The Balaban J connectivity index is 1.24. The van der Waals surface area contributed by atoms with Gasteiger partial charge >= 0.3 is 0 Å². The molecule has 6 rings (SSSR count). The Morgan fingerprint density at radius 2 is 1.86 bits per heavy atom. The number of anilines is 3. The molecule has 0 radical (unpaired) electrons. The van der Waals surface area contributed by atoms with Gasteiger partial charge in [-0.15, -0.1) is 0 Å². The smallest absolute Gasteiger partial charge is 0.234 e. The van der Waals surface area contributed by atoms with Gasteiger partial charge in [0.1, 0.15) is 5.82 Å². The molecule has 3 aliphatic heterocycles. The number of methoxy groups -OCH3 is 1. The van der Waals surface area contributed by atoms with E-state index in [4.69, 9.17) is 14.5 Å². The quantitative estimate of drug-likeness (QED) is 0.582. The SMILES string of the molecule is COc1cccc(N2CCC(C(=O)N3C=Cc4[nH]c(N5CCOCC5)nc4-c4cc(C)ccc43)CC2)n1. The lowest BCUT2D eigenvalue weighted by Crippen LogP contribution is -2.41. The van der Waals surface area contributed by atoms with Crippen molar-refractivity contribution in [3.8, 4) is 17.1 Å². The third kappa shape index (κ3) is 4.55. The van der Waals surface area contributed by atoms with Crippen LogP contribution in [0.25, 0.3) is 17.3 Å². The summed E-state index contributed by atoms with van der Waals surface area (Å²) < 4.78 is 10.8. The number of piperidine rings is 1. The zero-order chi connectivity index (χ0) is 25.4. The van der Waals surface area contributed by atoms with Crippen LogP contribution in [0.2, 0.25) is 0 Å². The Morgan fingerprint density at radius 3 is 2.65 bits per heavy atom. The molecule has 0 spiro atoms. The molecule has 37 heavy (non-hydrogen) atoms. The number of aromatic amines is 1. The van der Waals surface area contributed by atoms with Gasteiger partial charge in [-0.25, -0.2) is 4.98 Å². The minimum Gasteiger partial charge on any atom is -0.481 e. The minimum absolute atomic E-state index is 0.0611. The molecule has 5 heterocycles. The number of rotatable bonds is 4. The van der Waals surface area contributed by atoms with Crippen LogP contribution < -0.4 is 19.4 Å². The largest absolute Gasteiger partial charge is 0.481 e. The molecule has 2 aromatic heterocycles. The number of carbonyl (C=O) groups is 1. The Morgan fingerprint density at radius 1 is 1.05 bits per heavy atom. The van der Waals surface area contributed by atoms with Crippen LogP contribution in [0, 0.1) is 12.8 Å². The molecule has 0 aliphatic carbocycles. The van der Waals surface area contributed by atoms with E-state index in [0.717, 1.165) is 79.0 Å². The van der Waals surface area contributed by atoms with Gasteiger partial charge in [0.2, 0.25) is 17.7 Å². The molecule has 0 saturated carbocycles. The zero-order valence-electron chi connectivity index (χ0n) is 21.3. The molecule has 2 fully saturated rings. The second kappa shape index (κ2) is 9.89. The van der Waals surface area contributed by atoms with E-state index in [1.165, 1.54) is 0 Å². The van der Waals surface area contributed by atoms with Gasteiger partial charge in [0.15, 0.2) is 0 Å². The van der Waals surface area contributed by atoms with Gasteiger partial charge in [-0.3, -0.25) is 9.69 Å². The number of aromatic nitrogens is 3. The molecule has 9 nitrogen and oxygen atoms in total. The zero-order valence-corrected chi connectivity index (χ0v) is 21.3. The summed E-state index contributed by atoms with van der Waals surface area (Å²) in [7, 11) is 1.63. The highest BCUT2D eigenvalue weighted by Gasteiger charge is 2.32. The van der Waals surface area contributed by atoms with Gasteiger partial charge in [-0.2, -0.15) is 4.98 Å². The normalized spacial score (nSPS) is 17.8. The van der Waals surface area contributed by atoms with Crippen LogP contribution in [0.4, 0.5) is 17.5 Å².